The Morgan fingerprint density at radius 3 is 2.17 bits per heavy atom. The molecule has 0 spiro atoms. The summed E-state index contributed by atoms with van der Waals surface area (Å²) in [5.41, 5.74) is 1.37. The second kappa shape index (κ2) is 11.2. The number of nitrogens with one attached hydrogen (secondary N) is 1. The van der Waals surface area contributed by atoms with Gasteiger partial charge in [-0.15, -0.1) is 11.3 Å². The molecule has 0 unspecified atom stereocenters. The molecule has 136 valence electrons. The number of hydrogen-bond acceptors (Lipinski definition) is 4. The van der Waals surface area contributed by atoms with E-state index in [1.54, 1.807) is 0 Å². The lowest BCUT2D eigenvalue weighted by molar-refractivity contribution is -0.116. The summed E-state index contributed by atoms with van der Waals surface area (Å²) in [5.74, 6) is -0.411. The molecular formula is C19H31NO3S. The van der Waals surface area contributed by atoms with E-state index in [1.165, 1.54) is 57.0 Å². The third kappa shape index (κ3) is 6.63. The highest BCUT2D eigenvalue weighted by molar-refractivity contribution is 7.16. The fourth-order valence-corrected chi connectivity index (χ4v) is 3.74. The van der Waals surface area contributed by atoms with Crippen molar-refractivity contribution in [1.82, 2.24) is 0 Å². The van der Waals surface area contributed by atoms with Gasteiger partial charge in [0.1, 0.15) is 5.00 Å². The quantitative estimate of drug-likeness (QED) is 0.415. The second-order valence-electron chi connectivity index (χ2n) is 6.25. The maximum Gasteiger partial charge on any atom is 0.341 e. The Labute approximate surface area is 150 Å². The van der Waals surface area contributed by atoms with Crippen molar-refractivity contribution in [1.29, 1.82) is 0 Å². The van der Waals surface area contributed by atoms with E-state index >= 15 is 0 Å². The molecule has 0 radical (unpaired) electrons. The Morgan fingerprint density at radius 1 is 1.00 bits per heavy atom. The minimum absolute atomic E-state index is 0.0209. The summed E-state index contributed by atoms with van der Waals surface area (Å²) >= 11 is 1.44. The Balaban J connectivity index is 2.36. The van der Waals surface area contributed by atoms with E-state index in [9.17, 15) is 9.59 Å². The number of methoxy groups -OCH3 is 1. The Hall–Kier alpha value is -1.36. The maximum absolute atomic E-state index is 12.1. The van der Waals surface area contributed by atoms with Gasteiger partial charge in [0.15, 0.2) is 0 Å². The van der Waals surface area contributed by atoms with Crippen molar-refractivity contribution in [3.05, 3.63) is 16.0 Å². The van der Waals surface area contributed by atoms with Crippen molar-refractivity contribution < 1.29 is 14.3 Å². The molecule has 0 atom stereocenters. The number of esters is 1. The van der Waals surface area contributed by atoms with Gasteiger partial charge >= 0.3 is 5.97 Å². The molecule has 0 aliphatic heterocycles. The zero-order valence-electron chi connectivity index (χ0n) is 15.5. The molecule has 1 rings (SSSR count). The van der Waals surface area contributed by atoms with Crippen LogP contribution in [0.15, 0.2) is 0 Å². The molecule has 0 saturated heterocycles. The fraction of sp³-hybridized carbons (Fsp3) is 0.684. The van der Waals surface area contributed by atoms with Gasteiger partial charge in [0.25, 0.3) is 0 Å². The van der Waals surface area contributed by atoms with Crippen LogP contribution < -0.4 is 5.32 Å². The number of ether oxygens (including phenoxy) is 1. The van der Waals surface area contributed by atoms with E-state index in [0.29, 0.717) is 17.0 Å². The molecule has 0 aliphatic rings. The molecule has 1 aromatic heterocycles. The average molecular weight is 354 g/mol. The predicted octanol–water partition coefficient (Wildman–Crippen LogP) is 5.62. The third-order valence-corrected chi connectivity index (χ3v) is 5.41. The first-order valence-corrected chi connectivity index (χ1v) is 9.81. The van der Waals surface area contributed by atoms with Crippen molar-refractivity contribution in [2.45, 2.75) is 78.6 Å². The monoisotopic (exact) mass is 353 g/mol. The van der Waals surface area contributed by atoms with Gasteiger partial charge in [-0.1, -0.05) is 51.9 Å². The van der Waals surface area contributed by atoms with Gasteiger partial charge in [0, 0.05) is 11.3 Å². The molecular weight excluding hydrogens is 322 g/mol. The van der Waals surface area contributed by atoms with Crippen LogP contribution in [0.5, 0.6) is 0 Å². The highest BCUT2D eigenvalue weighted by Gasteiger charge is 2.21. The van der Waals surface area contributed by atoms with E-state index < -0.39 is 0 Å². The van der Waals surface area contributed by atoms with Crippen molar-refractivity contribution in [2.24, 2.45) is 0 Å². The van der Waals surface area contributed by atoms with E-state index in [-0.39, 0.29) is 11.9 Å². The molecule has 1 N–H and O–H groups in total. The Kier molecular flexibility index (Phi) is 9.69. The summed E-state index contributed by atoms with van der Waals surface area (Å²) in [7, 11) is 1.36. The van der Waals surface area contributed by atoms with Gasteiger partial charge < -0.3 is 10.1 Å². The molecule has 4 nitrogen and oxygen atoms in total. The summed E-state index contributed by atoms with van der Waals surface area (Å²) in [6.45, 7) is 6.05. The molecule has 0 aliphatic carbocycles. The number of rotatable bonds is 11. The predicted molar refractivity (Wildman–Crippen MR) is 101 cm³/mol. The van der Waals surface area contributed by atoms with Gasteiger partial charge in [0.2, 0.25) is 5.91 Å². The normalized spacial score (nSPS) is 10.7. The first kappa shape index (κ1) is 20.7. The number of anilines is 1. The Bertz CT molecular complexity index is 537. The number of amides is 1. The summed E-state index contributed by atoms with van der Waals surface area (Å²) in [6, 6.07) is 0. The molecule has 1 aromatic rings. The maximum atomic E-state index is 12.1. The van der Waals surface area contributed by atoms with Gasteiger partial charge in [-0.2, -0.15) is 0 Å². The van der Waals surface area contributed by atoms with Crippen molar-refractivity contribution in [3.8, 4) is 0 Å². The number of carbonyl (C=O) groups excluding carboxylic acids is 2. The van der Waals surface area contributed by atoms with Crippen LogP contribution >= 0.6 is 11.3 Å². The van der Waals surface area contributed by atoms with Gasteiger partial charge in [0.05, 0.1) is 12.7 Å². The van der Waals surface area contributed by atoms with Gasteiger partial charge in [-0.25, -0.2) is 4.79 Å². The smallest absolute Gasteiger partial charge is 0.341 e. The van der Waals surface area contributed by atoms with Crippen molar-refractivity contribution >= 4 is 28.2 Å². The third-order valence-electron chi connectivity index (χ3n) is 4.29. The van der Waals surface area contributed by atoms with Crippen LogP contribution in [0.2, 0.25) is 0 Å². The summed E-state index contributed by atoms with van der Waals surface area (Å²) < 4.78 is 4.82. The van der Waals surface area contributed by atoms with Crippen LogP contribution in [-0.4, -0.2) is 19.0 Å². The van der Waals surface area contributed by atoms with Gasteiger partial charge in [-0.05, 0) is 25.8 Å². The number of aryl methyl sites for hydroxylation is 1. The van der Waals surface area contributed by atoms with Crippen LogP contribution in [0.4, 0.5) is 5.00 Å². The van der Waals surface area contributed by atoms with Crippen LogP contribution in [0.1, 0.15) is 85.5 Å². The molecule has 1 amide bonds. The summed E-state index contributed by atoms with van der Waals surface area (Å²) in [4.78, 5) is 25.0. The largest absolute Gasteiger partial charge is 0.465 e. The first-order valence-electron chi connectivity index (χ1n) is 8.99. The number of thiophene rings is 1. The zero-order valence-corrected chi connectivity index (χ0v) is 16.3. The average Bonchev–Trinajstić information content (AvgIpc) is 2.83. The molecule has 0 fully saturated rings. The van der Waals surface area contributed by atoms with Gasteiger partial charge in [-0.3, -0.25) is 4.79 Å². The van der Waals surface area contributed by atoms with E-state index in [4.69, 9.17) is 4.74 Å². The topological polar surface area (TPSA) is 55.4 Å². The minimum Gasteiger partial charge on any atom is -0.465 e. The summed E-state index contributed by atoms with van der Waals surface area (Å²) in [5, 5.41) is 3.50. The number of hydrogen-bond donors (Lipinski definition) is 1. The molecule has 0 bridgehead atoms. The van der Waals surface area contributed by atoms with E-state index in [1.807, 2.05) is 13.8 Å². The lowest BCUT2D eigenvalue weighted by Crippen LogP contribution is -2.13. The van der Waals surface area contributed by atoms with E-state index in [0.717, 1.165) is 23.3 Å². The molecule has 24 heavy (non-hydrogen) atoms. The van der Waals surface area contributed by atoms with Crippen LogP contribution in [-0.2, 0) is 9.53 Å². The molecule has 5 heteroatoms. The van der Waals surface area contributed by atoms with Crippen molar-refractivity contribution in [2.75, 3.05) is 12.4 Å². The van der Waals surface area contributed by atoms with Crippen LogP contribution in [0.3, 0.4) is 0 Å². The highest BCUT2D eigenvalue weighted by Crippen LogP contribution is 2.33. The van der Waals surface area contributed by atoms with Crippen LogP contribution in [0.25, 0.3) is 0 Å². The standard InChI is InChI=1S/C19H31NO3S/c1-5-6-7-8-9-10-11-12-13-16(21)20-18-17(19(22)23-4)14(2)15(3)24-18/h5-13H2,1-4H3,(H,20,21). The van der Waals surface area contributed by atoms with Crippen LogP contribution in [0, 0.1) is 13.8 Å². The Morgan fingerprint density at radius 2 is 1.58 bits per heavy atom. The highest BCUT2D eigenvalue weighted by atomic mass is 32.1. The SMILES string of the molecule is CCCCCCCCCCC(=O)Nc1sc(C)c(C)c1C(=O)OC. The number of unbranched alkanes of at least 4 members (excludes halogenated alkanes) is 7. The minimum atomic E-state index is -0.390. The first-order chi connectivity index (χ1) is 11.5. The lowest BCUT2D eigenvalue weighted by Gasteiger charge is -2.06. The number of carbonyl (C=O) groups is 2. The fourth-order valence-electron chi connectivity index (χ4n) is 2.67. The zero-order chi connectivity index (χ0) is 17.9. The molecule has 1 heterocycles. The van der Waals surface area contributed by atoms with Crippen molar-refractivity contribution in [3.63, 3.8) is 0 Å². The second-order valence-corrected chi connectivity index (χ2v) is 7.48. The van der Waals surface area contributed by atoms with E-state index in [2.05, 4.69) is 12.2 Å². The lowest BCUT2D eigenvalue weighted by atomic mass is 10.1. The molecule has 0 saturated carbocycles. The molecule has 0 aromatic carbocycles. The summed E-state index contributed by atoms with van der Waals surface area (Å²) in [6.07, 6.45) is 10.2.